The van der Waals surface area contributed by atoms with Crippen LogP contribution < -0.4 is 0 Å². The number of piperidine rings is 1. The van der Waals surface area contributed by atoms with Crippen LogP contribution in [-0.4, -0.2) is 69.2 Å². The highest BCUT2D eigenvalue weighted by Crippen LogP contribution is 2.36. The lowest BCUT2D eigenvalue weighted by molar-refractivity contribution is -0.133. The van der Waals surface area contributed by atoms with Crippen LogP contribution >= 0.6 is 0 Å². The van der Waals surface area contributed by atoms with Crippen LogP contribution in [-0.2, 0) is 24.1 Å². The molecule has 0 aromatic carbocycles. The van der Waals surface area contributed by atoms with Crippen molar-refractivity contribution in [2.45, 2.75) is 37.9 Å². The molecule has 2 aliphatic rings. The Balaban J connectivity index is 1.85. The van der Waals surface area contributed by atoms with E-state index in [1.54, 1.807) is 4.90 Å². The highest BCUT2D eigenvalue weighted by molar-refractivity contribution is 7.91. The maximum absolute atomic E-state index is 11.9. The molecule has 2 saturated heterocycles. The molecule has 0 aliphatic carbocycles. The molecule has 2 rings (SSSR count). The van der Waals surface area contributed by atoms with Crippen LogP contribution in [0, 0.1) is 0 Å². The van der Waals surface area contributed by atoms with Gasteiger partial charge in [0.2, 0.25) is 5.91 Å². The van der Waals surface area contributed by atoms with Gasteiger partial charge in [-0.15, -0.1) is 0 Å². The second kappa shape index (κ2) is 5.99. The highest BCUT2D eigenvalue weighted by Gasteiger charge is 2.43. The predicted octanol–water partition coefficient (Wildman–Crippen LogP) is 0.218. The molecular formula is C13H23NO5S. The van der Waals surface area contributed by atoms with Crippen molar-refractivity contribution >= 4 is 15.7 Å². The first-order chi connectivity index (χ1) is 9.34. The Morgan fingerprint density at radius 1 is 1.40 bits per heavy atom. The van der Waals surface area contributed by atoms with Crippen molar-refractivity contribution in [3.05, 3.63) is 0 Å². The van der Waals surface area contributed by atoms with E-state index in [1.807, 2.05) is 6.92 Å². The third-order valence-electron chi connectivity index (χ3n) is 3.99. The van der Waals surface area contributed by atoms with Gasteiger partial charge in [0.15, 0.2) is 9.84 Å². The molecule has 0 unspecified atom stereocenters. The van der Waals surface area contributed by atoms with Crippen molar-refractivity contribution in [1.82, 2.24) is 4.90 Å². The third-order valence-corrected chi connectivity index (χ3v) is 4.76. The van der Waals surface area contributed by atoms with Gasteiger partial charge in [-0.05, 0) is 19.8 Å². The number of sulfone groups is 1. The number of nitrogens with zero attached hydrogens (tertiary/aromatic N) is 1. The number of amides is 1. The summed E-state index contributed by atoms with van der Waals surface area (Å²) in [4.78, 5) is 13.5. The average molecular weight is 305 g/mol. The number of likely N-dealkylation sites (tertiary alicyclic amines) is 1. The Morgan fingerprint density at radius 2 is 2.05 bits per heavy atom. The van der Waals surface area contributed by atoms with Gasteiger partial charge in [0.05, 0.1) is 18.3 Å². The summed E-state index contributed by atoms with van der Waals surface area (Å²) in [5.74, 6) is -0.704. The molecule has 1 spiro atoms. The fourth-order valence-corrected chi connectivity index (χ4v) is 3.60. The van der Waals surface area contributed by atoms with Gasteiger partial charge in [0.25, 0.3) is 0 Å². The molecule has 0 aromatic heterocycles. The van der Waals surface area contributed by atoms with Crippen molar-refractivity contribution < 1.29 is 22.7 Å². The molecule has 0 radical (unpaired) electrons. The first-order valence-electron chi connectivity index (χ1n) is 7.05. The topological polar surface area (TPSA) is 72.9 Å². The maximum Gasteiger partial charge on any atom is 0.237 e. The number of rotatable bonds is 4. The van der Waals surface area contributed by atoms with Gasteiger partial charge in [0, 0.05) is 32.4 Å². The zero-order valence-electron chi connectivity index (χ0n) is 12.1. The van der Waals surface area contributed by atoms with Gasteiger partial charge in [-0.3, -0.25) is 4.79 Å². The lowest BCUT2D eigenvalue weighted by Gasteiger charge is -2.38. The molecule has 2 aliphatic heterocycles. The summed E-state index contributed by atoms with van der Waals surface area (Å²) in [7, 11) is -3.26. The molecule has 116 valence electrons. The Kier molecular flexibility index (Phi) is 4.71. The third kappa shape index (κ3) is 3.93. The maximum atomic E-state index is 11.9. The predicted molar refractivity (Wildman–Crippen MR) is 74.2 cm³/mol. The highest BCUT2D eigenvalue weighted by atomic mass is 32.2. The van der Waals surface area contributed by atoms with Crippen molar-refractivity contribution in [2.24, 2.45) is 0 Å². The van der Waals surface area contributed by atoms with Gasteiger partial charge in [-0.1, -0.05) is 0 Å². The summed E-state index contributed by atoms with van der Waals surface area (Å²) in [6, 6.07) is 0. The van der Waals surface area contributed by atoms with Gasteiger partial charge >= 0.3 is 0 Å². The van der Waals surface area contributed by atoms with Crippen LogP contribution in [0.4, 0.5) is 0 Å². The summed E-state index contributed by atoms with van der Waals surface area (Å²) in [6.07, 6.45) is 3.62. The van der Waals surface area contributed by atoms with Crippen LogP contribution in [0.15, 0.2) is 0 Å². The van der Waals surface area contributed by atoms with Gasteiger partial charge in [-0.2, -0.15) is 0 Å². The lowest BCUT2D eigenvalue weighted by Crippen LogP contribution is -2.48. The van der Waals surface area contributed by atoms with E-state index in [-0.39, 0.29) is 17.6 Å². The zero-order chi connectivity index (χ0) is 14.8. The SMILES string of the molecule is CCO[C@H]1COC2(CCN(C(=O)CS(C)(=O)=O)CC2)C1. The monoisotopic (exact) mass is 305 g/mol. The van der Waals surface area contributed by atoms with Crippen molar-refractivity contribution in [3.63, 3.8) is 0 Å². The minimum absolute atomic E-state index is 0.151. The smallest absolute Gasteiger partial charge is 0.237 e. The molecule has 2 heterocycles. The first-order valence-corrected chi connectivity index (χ1v) is 9.11. The lowest BCUT2D eigenvalue weighted by atomic mass is 9.88. The average Bonchev–Trinajstić information content (AvgIpc) is 2.71. The normalized spacial score (nSPS) is 26.1. The van der Waals surface area contributed by atoms with Gasteiger partial charge in [0.1, 0.15) is 5.75 Å². The van der Waals surface area contributed by atoms with E-state index in [1.165, 1.54) is 0 Å². The Hall–Kier alpha value is -0.660. The summed E-state index contributed by atoms with van der Waals surface area (Å²) >= 11 is 0. The molecular weight excluding hydrogens is 282 g/mol. The summed E-state index contributed by atoms with van der Waals surface area (Å²) in [5, 5.41) is 0. The van der Waals surface area contributed by atoms with Crippen LogP contribution in [0.5, 0.6) is 0 Å². The van der Waals surface area contributed by atoms with Crippen LogP contribution in [0.1, 0.15) is 26.2 Å². The number of hydrogen-bond acceptors (Lipinski definition) is 5. The second-order valence-corrected chi connectivity index (χ2v) is 7.87. The number of ether oxygens (including phenoxy) is 2. The van der Waals surface area contributed by atoms with E-state index < -0.39 is 15.6 Å². The minimum atomic E-state index is -3.26. The standard InChI is InChI=1S/C13H23NO5S/c1-3-18-11-8-13(19-9-11)4-6-14(7-5-13)12(15)10-20(2,16)17/h11H,3-10H2,1-2H3/t11-/m1/s1. The molecule has 6 nitrogen and oxygen atoms in total. The molecule has 2 fully saturated rings. The summed E-state index contributed by atoms with van der Waals surface area (Å²) < 4.78 is 33.8. The van der Waals surface area contributed by atoms with E-state index in [0.717, 1.165) is 25.5 Å². The quantitative estimate of drug-likeness (QED) is 0.743. The van der Waals surface area contributed by atoms with Gasteiger partial charge < -0.3 is 14.4 Å². The van der Waals surface area contributed by atoms with Crippen LogP contribution in [0.3, 0.4) is 0 Å². The summed E-state index contributed by atoms with van der Waals surface area (Å²) in [5.41, 5.74) is -0.179. The molecule has 20 heavy (non-hydrogen) atoms. The Morgan fingerprint density at radius 3 is 2.60 bits per heavy atom. The fourth-order valence-electron chi connectivity index (χ4n) is 2.97. The molecule has 1 amide bonds. The number of carbonyl (C=O) groups is 1. The Labute approximate surface area is 120 Å². The first kappa shape index (κ1) is 15.7. The van der Waals surface area contributed by atoms with Crippen molar-refractivity contribution in [1.29, 1.82) is 0 Å². The zero-order valence-corrected chi connectivity index (χ0v) is 12.9. The van der Waals surface area contributed by atoms with E-state index in [4.69, 9.17) is 9.47 Å². The number of hydrogen-bond donors (Lipinski definition) is 0. The van der Waals surface area contributed by atoms with Crippen LogP contribution in [0.25, 0.3) is 0 Å². The largest absolute Gasteiger partial charge is 0.376 e. The Bertz CT molecular complexity index is 453. The molecule has 0 bridgehead atoms. The molecule has 7 heteroatoms. The molecule has 1 atom stereocenters. The number of carbonyl (C=O) groups excluding carboxylic acids is 1. The summed E-state index contributed by atoms with van der Waals surface area (Å²) in [6.45, 7) is 4.39. The molecule has 0 N–H and O–H groups in total. The van der Waals surface area contributed by atoms with E-state index in [0.29, 0.717) is 26.3 Å². The van der Waals surface area contributed by atoms with Crippen molar-refractivity contribution in [3.8, 4) is 0 Å². The molecule has 0 saturated carbocycles. The van der Waals surface area contributed by atoms with Gasteiger partial charge in [-0.25, -0.2) is 8.42 Å². The fraction of sp³-hybridized carbons (Fsp3) is 0.923. The van der Waals surface area contributed by atoms with E-state index >= 15 is 0 Å². The van der Waals surface area contributed by atoms with Crippen LogP contribution in [0.2, 0.25) is 0 Å². The second-order valence-electron chi connectivity index (χ2n) is 5.73. The molecule has 0 aromatic rings. The van der Waals surface area contributed by atoms with E-state index in [2.05, 4.69) is 0 Å². The minimum Gasteiger partial charge on any atom is -0.376 e. The van der Waals surface area contributed by atoms with E-state index in [9.17, 15) is 13.2 Å². The van der Waals surface area contributed by atoms with Crippen molar-refractivity contribution in [2.75, 3.05) is 38.3 Å².